The Morgan fingerprint density at radius 3 is 2.09 bits per heavy atom. The van der Waals surface area contributed by atoms with Crippen LogP contribution >= 0.6 is 0 Å². The van der Waals surface area contributed by atoms with Gasteiger partial charge in [-0.05, 0) is 45.8 Å². The average Bonchev–Trinajstić information content (AvgIpc) is 2.94. The van der Waals surface area contributed by atoms with Crippen molar-refractivity contribution in [3.8, 4) is 5.75 Å². The van der Waals surface area contributed by atoms with Crippen molar-refractivity contribution in [2.75, 3.05) is 0 Å². The van der Waals surface area contributed by atoms with Gasteiger partial charge in [0, 0.05) is 10.8 Å². The van der Waals surface area contributed by atoms with Gasteiger partial charge in [-0.2, -0.15) is 0 Å². The summed E-state index contributed by atoms with van der Waals surface area (Å²) in [6, 6.07) is 21.9. The molecule has 5 rings (SSSR count). The van der Waals surface area contributed by atoms with E-state index < -0.39 is 0 Å². The highest BCUT2D eigenvalue weighted by molar-refractivity contribution is 6.26. The van der Waals surface area contributed by atoms with Crippen LogP contribution < -0.4 is 0 Å². The van der Waals surface area contributed by atoms with Crippen LogP contribution in [0.2, 0.25) is 0 Å². The molecular weight excluding hydrogens is 272 g/mol. The number of fused-ring (bicyclic) bond motifs is 7. The van der Waals surface area contributed by atoms with Crippen molar-refractivity contribution >= 4 is 43.5 Å². The molecule has 1 heterocycles. The zero-order valence-corrected chi connectivity index (χ0v) is 11.7. The number of phenols is 1. The van der Waals surface area contributed by atoms with Crippen LogP contribution in [0.3, 0.4) is 0 Å². The van der Waals surface area contributed by atoms with Gasteiger partial charge in [-0.25, -0.2) is 0 Å². The predicted octanol–water partition coefficient (Wildman–Crippen LogP) is 5.60. The van der Waals surface area contributed by atoms with Crippen molar-refractivity contribution in [3.63, 3.8) is 0 Å². The van der Waals surface area contributed by atoms with Crippen molar-refractivity contribution in [2.24, 2.45) is 0 Å². The Morgan fingerprint density at radius 1 is 0.636 bits per heavy atom. The highest BCUT2D eigenvalue weighted by atomic mass is 16.3. The molecule has 2 nitrogen and oxygen atoms in total. The van der Waals surface area contributed by atoms with Gasteiger partial charge in [0.05, 0.1) is 0 Å². The first kappa shape index (κ1) is 11.6. The third-order valence-corrected chi connectivity index (χ3v) is 4.33. The maximum absolute atomic E-state index is 9.88. The normalized spacial score (nSPS) is 11.8. The van der Waals surface area contributed by atoms with Crippen LogP contribution in [0.1, 0.15) is 0 Å². The lowest BCUT2D eigenvalue weighted by atomic mass is 9.99. The Morgan fingerprint density at radius 2 is 1.27 bits per heavy atom. The Labute approximate surface area is 126 Å². The van der Waals surface area contributed by atoms with Crippen LogP contribution in [0.5, 0.6) is 5.75 Å². The van der Waals surface area contributed by atoms with E-state index in [9.17, 15) is 5.11 Å². The topological polar surface area (TPSA) is 33.4 Å². The number of phenolic OH excluding ortho intramolecular Hbond substituents is 1. The zero-order valence-electron chi connectivity index (χ0n) is 11.7. The third kappa shape index (κ3) is 1.44. The second-order valence-corrected chi connectivity index (χ2v) is 5.61. The Bertz CT molecular complexity index is 1180. The van der Waals surface area contributed by atoms with Crippen LogP contribution in [-0.4, -0.2) is 5.11 Å². The molecule has 0 amide bonds. The van der Waals surface area contributed by atoms with Crippen molar-refractivity contribution in [2.45, 2.75) is 0 Å². The summed E-state index contributed by atoms with van der Waals surface area (Å²) in [6.45, 7) is 0. The molecule has 0 saturated heterocycles. The van der Waals surface area contributed by atoms with E-state index in [2.05, 4.69) is 18.2 Å². The Balaban J connectivity index is 2.16. The summed E-state index contributed by atoms with van der Waals surface area (Å²) in [7, 11) is 0. The molecular formula is C20H12O2. The fraction of sp³-hybridized carbons (Fsp3) is 0. The van der Waals surface area contributed by atoms with E-state index in [4.69, 9.17) is 4.42 Å². The lowest BCUT2D eigenvalue weighted by Gasteiger charge is -2.02. The summed E-state index contributed by atoms with van der Waals surface area (Å²) in [5.74, 6) is 0.273. The molecule has 0 atom stereocenters. The minimum absolute atomic E-state index is 0.273. The van der Waals surface area contributed by atoms with E-state index in [0.717, 1.165) is 32.7 Å². The van der Waals surface area contributed by atoms with Gasteiger partial charge in [0.25, 0.3) is 0 Å². The molecule has 22 heavy (non-hydrogen) atoms. The molecule has 0 fully saturated rings. The first-order valence-corrected chi connectivity index (χ1v) is 7.27. The molecule has 0 spiro atoms. The van der Waals surface area contributed by atoms with Gasteiger partial charge >= 0.3 is 0 Å². The highest BCUT2D eigenvalue weighted by Gasteiger charge is 2.13. The number of furan rings is 1. The fourth-order valence-electron chi connectivity index (χ4n) is 3.34. The lowest BCUT2D eigenvalue weighted by Crippen LogP contribution is -1.77. The number of benzene rings is 4. The SMILES string of the molecule is Oc1ccc2ccc3oc4ccc5ccccc5c4c3c2c1. The molecule has 0 radical (unpaired) electrons. The van der Waals surface area contributed by atoms with Gasteiger partial charge in [-0.3, -0.25) is 0 Å². The molecule has 5 aromatic rings. The first-order valence-electron chi connectivity index (χ1n) is 7.27. The van der Waals surface area contributed by atoms with Gasteiger partial charge in [-0.15, -0.1) is 0 Å². The maximum Gasteiger partial charge on any atom is 0.136 e. The van der Waals surface area contributed by atoms with E-state index in [1.165, 1.54) is 10.8 Å². The predicted molar refractivity (Wildman–Crippen MR) is 90.4 cm³/mol. The molecule has 0 aliphatic heterocycles. The second-order valence-electron chi connectivity index (χ2n) is 5.61. The highest BCUT2D eigenvalue weighted by Crippen LogP contribution is 2.39. The largest absolute Gasteiger partial charge is 0.508 e. The van der Waals surface area contributed by atoms with E-state index >= 15 is 0 Å². The van der Waals surface area contributed by atoms with Crippen LogP contribution in [-0.2, 0) is 0 Å². The average molecular weight is 284 g/mol. The summed E-state index contributed by atoms with van der Waals surface area (Å²) in [5.41, 5.74) is 1.73. The molecule has 4 aromatic carbocycles. The van der Waals surface area contributed by atoms with Crippen LogP contribution in [0.15, 0.2) is 71.1 Å². The van der Waals surface area contributed by atoms with Gasteiger partial charge in [-0.1, -0.05) is 42.5 Å². The maximum atomic E-state index is 9.88. The Hall–Kier alpha value is -3.00. The third-order valence-electron chi connectivity index (χ3n) is 4.33. The number of aromatic hydroxyl groups is 1. The second kappa shape index (κ2) is 4.01. The van der Waals surface area contributed by atoms with Crippen molar-refractivity contribution in [1.29, 1.82) is 0 Å². The monoisotopic (exact) mass is 284 g/mol. The Kier molecular flexibility index (Phi) is 2.12. The summed E-state index contributed by atoms with van der Waals surface area (Å²) in [6.07, 6.45) is 0. The molecule has 104 valence electrons. The number of hydrogen-bond donors (Lipinski definition) is 1. The van der Waals surface area contributed by atoms with Crippen LogP contribution in [0.25, 0.3) is 43.5 Å². The van der Waals surface area contributed by atoms with Crippen molar-refractivity contribution in [3.05, 3.63) is 66.7 Å². The molecule has 1 N–H and O–H groups in total. The van der Waals surface area contributed by atoms with E-state index in [-0.39, 0.29) is 5.75 Å². The molecule has 0 aliphatic carbocycles. The van der Waals surface area contributed by atoms with E-state index in [1.54, 1.807) is 6.07 Å². The van der Waals surface area contributed by atoms with E-state index in [0.29, 0.717) is 0 Å². The first-order chi connectivity index (χ1) is 10.8. The fourth-order valence-corrected chi connectivity index (χ4v) is 3.34. The number of rotatable bonds is 0. The van der Waals surface area contributed by atoms with Gasteiger partial charge < -0.3 is 9.52 Å². The van der Waals surface area contributed by atoms with Gasteiger partial charge in [0.15, 0.2) is 0 Å². The standard InChI is InChI=1S/C20H12O2/c21-14-8-5-13-7-10-18-20(16(13)11-14)19-15-4-2-1-3-12(15)6-9-17(19)22-18/h1-11,21H. The minimum atomic E-state index is 0.273. The smallest absolute Gasteiger partial charge is 0.136 e. The lowest BCUT2D eigenvalue weighted by molar-refractivity contribution is 0.476. The van der Waals surface area contributed by atoms with Crippen molar-refractivity contribution < 1.29 is 9.52 Å². The zero-order chi connectivity index (χ0) is 14.7. The van der Waals surface area contributed by atoms with Crippen LogP contribution in [0, 0.1) is 0 Å². The van der Waals surface area contributed by atoms with Crippen molar-refractivity contribution in [1.82, 2.24) is 0 Å². The summed E-state index contributed by atoms with van der Waals surface area (Å²) in [5, 5.41) is 16.6. The van der Waals surface area contributed by atoms with E-state index in [1.807, 2.05) is 42.5 Å². The summed E-state index contributed by atoms with van der Waals surface area (Å²) < 4.78 is 6.03. The molecule has 1 aromatic heterocycles. The number of hydrogen-bond acceptors (Lipinski definition) is 2. The van der Waals surface area contributed by atoms with Gasteiger partial charge in [0.2, 0.25) is 0 Å². The molecule has 0 bridgehead atoms. The van der Waals surface area contributed by atoms with Gasteiger partial charge in [0.1, 0.15) is 16.9 Å². The minimum Gasteiger partial charge on any atom is -0.508 e. The van der Waals surface area contributed by atoms with Crippen LogP contribution in [0.4, 0.5) is 0 Å². The molecule has 2 heteroatoms. The summed E-state index contributed by atoms with van der Waals surface area (Å²) >= 11 is 0. The quantitative estimate of drug-likeness (QED) is 0.401. The summed E-state index contributed by atoms with van der Waals surface area (Å²) in [4.78, 5) is 0. The molecule has 0 aliphatic rings. The molecule has 0 unspecified atom stereocenters. The molecule has 0 saturated carbocycles.